The van der Waals surface area contributed by atoms with Crippen LogP contribution >= 0.6 is 12.6 Å². The summed E-state index contributed by atoms with van der Waals surface area (Å²) in [7, 11) is 1.79. The van der Waals surface area contributed by atoms with Crippen molar-refractivity contribution in [2.75, 3.05) is 20.2 Å². The van der Waals surface area contributed by atoms with Gasteiger partial charge in [-0.3, -0.25) is 0 Å². The van der Waals surface area contributed by atoms with E-state index in [2.05, 4.69) is 22.7 Å². The Labute approximate surface area is 121 Å². The minimum atomic E-state index is -4.63. The van der Waals surface area contributed by atoms with Crippen molar-refractivity contribution in [2.45, 2.75) is 30.2 Å². The van der Waals surface area contributed by atoms with Crippen molar-refractivity contribution < 1.29 is 22.6 Å². The van der Waals surface area contributed by atoms with Crippen LogP contribution in [0.4, 0.5) is 13.2 Å². The van der Waals surface area contributed by atoms with Gasteiger partial charge < -0.3 is 14.8 Å². The standard InChI is InChI=1S/C7H5F3OS.C6H13NO/c8-7(9,10)11-5-1-3-6(12)4-2-5;1-8-6-2-4-7-5-3-6/h1-4,12H;6-7H,2-5H2,1H3. The number of hydrogen-bond acceptors (Lipinski definition) is 4. The number of thiol groups is 1. The smallest absolute Gasteiger partial charge is 0.406 e. The molecule has 1 N–H and O–H groups in total. The zero-order valence-corrected chi connectivity index (χ0v) is 12.0. The van der Waals surface area contributed by atoms with Crippen LogP contribution in [0.5, 0.6) is 5.75 Å². The zero-order chi connectivity index (χ0) is 15.0. The SMILES string of the molecule is COC1CCNCC1.FC(F)(F)Oc1ccc(S)cc1. The minimum absolute atomic E-state index is 0.236. The number of methoxy groups -OCH3 is 1. The molecule has 2 rings (SSSR count). The third-order valence-electron chi connectivity index (χ3n) is 2.69. The Bertz CT molecular complexity index is 378. The van der Waals surface area contributed by atoms with Gasteiger partial charge >= 0.3 is 6.36 Å². The molecule has 1 fully saturated rings. The fourth-order valence-corrected chi connectivity index (χ4v) is 1.83. The predicted octanol–water partition coefficient (Wildman–Crippen LogP) is 3.26. The first-order valence-corrected chi connectivity index (χ1v) is 6.63. The Morgan fingerprint density at radius 2 is 1.70 bits per heavy atom. The maximum Gasteiger partial charge on any atom is 0.573 e. The van der Waals surface area contributed by atoms with Crippen molar-refractivity contribution in [1.29, 1.82) is 0 Å². The van der Waals surface area contributed by atoms with Gasteiger partial charge in [0.05, 0.1) is 6.10 Å². The van der Waals surface area contributed by atoms with Gasteiger partial charge in [-0.05, 0) is 50.2 Å². The van der Waals surface area contributed by atoms with E-state index >= 15 is 0 Å². The monoisotopic (exact) mass is 309 g/mol. The summed E-state index contributed by atoms with van der Waals surface area (Å²) < 4.78 is 43.6. The average Bonchev–Trinajstić information content (AvgIpc) is 2.42. The number of alkyl halides is 3. The molecule has 0 spiro atoms. The van der Waals surface area contributed by atoms with Crippen molar-refractivity contribution >= 4 is 12.6 Å². The van der Waals surface area contributed by atoms with E-state index in [1.165, 1.54) is 37.1 Å². The second-order valence-electron chi connectivity index (χ2n) is 4.23. The lowest BCUT2D eigenvalue weighted by atomic mass is 10.1. The van der Waals surface area contributed by atoms with Gasteiger partial charge in [0.1, 0.15) is 5.75 Å². The molecule has 0 bridgehead atoms. The lowest BCUT2D eigenvalue weighted by molar-refractivity contribution is -0.274. The molecule has 1 aliphatic heterocycles. The van der Waals surface area contributed by atoms with Crippen molar-refractivity contribution in [3.05, 3.63) is 24.3 Å². The summed E-state index contributed by atoms with van der Waals surface area (Å²) >= 11 is 3.91. The van der Waals surface area contributed by atoms with E-state index < -0.39 is 6.36 Å². The molecular weight excluding hydrogens is 291 g/mol. The number of halogens is 3. The molecule has 0 unspecified atom stereocenters. The molecule has 1 aromatic rings. The Hall–Kier alpha value is -0.920. The van der Waals surface area contributed by atoms with E-state index in [0.717, 1.165) is 13.1 Å². The third kappa shape index (κ3) is 7.62. The summed E-state index contributed by atoms with van der Waals surface area (Å²) in [5.41, 5.74) is 0. The number of piperidine rings is 1. The first kappa shape index (κ1) is 17.1. The number of nitrogens with one attached hydrogen (secondary N) is 1. The molecule has 0 saturated carbocycles. The van der Waals surface area contributed by atoms with E-state index in [-0.39, 0.29) is 5.75 Å². The molecule has 1 aliphatic rings. The predicted molar refractivity (Wildman–Crippen MR) is 73.3 cm³/mol. The maximum atomic E-state index is 11.6. The van der Waals surface area contributed by atoms with Gasteiger partial charge in [0.25, 0.3) is 0 Å². The topological polar surface area (TPSA) is 30.5 Å². The van der Waals surface area contributed by atoms with Gasteiger partial charge in [-0.1, -0.05) is 0 Å². The molecule has 0 amide bonds. The summed E-state index contributed by atoms with van der Waals surface area (Å²) in [6, 6.07) is 5.25. The van der Waals surface area contributed by atoms with Crippen LogP contribution in [0.2, 0.25) is 0 Å². The molecule has 0 atom stereocenters. The number of rotatable bonds is 2. The summed E-state index contributed by atoms with van der Waals surface area (Å²) in [5.74, 6) is -0.236. The molecule has 0 radical (unpaired) electrons. The molecule has 114 valence electrons. The van der Waals surface area contributed by atoms with Crippen molar-refractivity contribution in [3.63, 3.8) is 0 Å². The maximum absolute atomic E-state index is 11.6. The summed E-state index contributed by atoms with van der Waals surface area (Å²) in [4.78, 5) is 0.588. The number of benzene rings is 1. The molecular formula is C13H18F3NO2S. The van der Waals surface area contributed by atoms with Crippen LogP contribution in [-0.2, 0) is 4.74 Å². The van der Waals surface area contributed by atoms with E-state index in [0.29, 0.717) is 11.0 Å². The summed E-state index contributed by atoms with van der Waals surface area (Å²) in [5, 5.41) is 3.27. The van der Waals surface area contributed by atoms with Crippen LogP contribution in [0.25, 0.3) is 0 Å². The lowest BCUT2D eigenvalue weighted by Gasteiger charge is -2.20. The second kappa shape index (κ2) is 8.39. The van der Waals surface area contributed by atoms with Crippen molar-refractivity contribution in [1.82, 2.24) is 5.32 Å². The molecule has 20 heavy (non-hydrogen) atoms. The van der Waals surface area contributed by atoms with Gasteiger partial charge in [-0.25, -0.2) is 0 Å². The fraction of sp³-hybridized carbons (Fsp3) is 0.538. The highest BCUT2D eigenvalue weighted by Crippen LogP contribution is 2.23. The Balaban J connectivity index is 0.000000217. The first-order chi connectivity index (χ1) is 9.40. The Morgan fingerprint density at radius 3 is 2.10 bits per heavy atom. The molecule has 0 aliphatic carbocycles. The first-order valence-electron chi connectivity index (χ1n) is 6.19. The average molecular weight is 309 g/mol. The van der Waals surface area contributed by atoms with Crippen LogP contribution < -0.4 is 10.1 Å². The van der Waals surface area contributed by atoms with E-state index in [4.69, 9.17) is 4.74 Å². The van der Waals surface area contributed by atoms with Gasteiger partial charge in [-0.15, -0.1) is 25.8 Å². The van der Waals surface area contributed by atoms with Crippen LogP contribution in [0.3, 0.4) is 0 Å². The molecule has 0 aromatic heterocycles. The molecule has 1 saturated heterocycles. The molecule has 1 aromatic carbocycles. The Kier molecular flexibility index (Phi) is 7.18. The normalized spacial score (nSPS) is 16.2. The lowest BCUT2D eigenvalue weighted by Crippen LogP contribution is -2.31. The van der Waals surface area contributed by atoms with Gasteiger partial charge in [-0.2, -0.15) is 0 Å². The molecule has 3 nitrogen and oxygen atoms in total. The quantitative estimate of drug-likeness (QED) is 0.822. The zero-order valence-electron chi connectivity index (χ0n) is 11.1. The van der Waals surface area contributed by atoms with Crippen LogP contribution in [0.15, 0.2) is 29.2 Å². The van der Waals surface area contributed by atoms with Gasteiger partial charge in [0.15, 0.2) is 0 Å². The van der Waals surface area contributed by atoms with E-state index in [1.807, 2.05) is 0 Å². The van der Waals surface area contributed by atoms with Crippen LogP contribution in [0, 0.1) is 0 Å². The second-order valence-corrected chi connectivity index (χ2v) is 4.74. The highest BCUT2D eigenvalue weighted by atomic mass is 32.1. The minimum Gasteiger partial charge on any atom is -0.406 e. The fourth-order valence-electron chi connectivity index (χ4n) is 1.68. The Morgan fingerprint density at radius 1 is 1.15 bits per heavy atom. The highest BCUT2D eigenvalue weighted by Gasteiger charge is 2.30. The van der Waals surface area contributed by atoms with E-state index in [1.54, 1.807) is 7.11 Å². The number of hydrogen-bond donors (Lipinski definition) is 2. The van der Waals surface area contributed by atoms with Crippen LogP contribution in [-0.4, -0.2) is 32.7 Å². The molecule has 1 heterocycles. The number of ether oxygens (including phenoxy) is 2. The van der Waals surface area contributed by atoms with Crippen LogP contribution in [0.1, 0.15) is 12.8 Å². The largest absolute Gasteiger partial charge is 0.573 e. The van der Waals surface area contributed by atoms with Crippen molar-refractivity contribution in [3.8, 4) is 5.75 Å². The van der Waals surface area contributed by atoms with Crippen molar-refractivity contribution in [2.24, 2.45) is 0 Å². The van der Waals surface area contributed by atoms with Gasteiger partial charge in [0.2, 0.25) is 0 Å². The van der Waals surface area contributed by atoms with Gasteiger partial charge in [0, 0.05) is 12.0 Å². The van der Waals surface area contributed by atoms with E-state index in [9.17, 15) is 13.2 Å². The third-order valence-corrected chi connectivity index (χ3v) is 2.99. The highest BCUT2D eigenvalue weighted by molar-refractivity contribution is 7.80. The summed E-state index contributed by atoms with van der Waals surface area (Å²) in [6.07, 6.45) is -1.75. The molecule has 7 heteroatoms. The summed E-state index contributed by atoms with van der Waals surface area (Å²) in [6.45, 7) is 2.25.